The fourth-order valence-corrected chi connectivity index (χ4v) is 4.53. The molecule has 4 atom stereocenters. The Hall–Kier alpha value is -3.58. The summed E-state index contributed by atoms with van der Waals surface area (Å²) in [4.78, 5) is 65.3. The highest BCUT2D eigenvalue weighted by molar-refractivity contribution is 7.98. The predicted molar refractivity (Wildman–Crippen MR) is 150 cm³/mol. The number of primary amides is 1. The number of thioether (sulfide) groups is 1. The number of aromatic amines is 1. The number of nitrogens with two attached hydrogens (primary N) is 2. The van der Waals surface area contributed by atoms with Crippen LogP contribution in [0.25, 0.3) is 10.9 Å². The van der Waals surface area contributed by atoms with Gasteiger partial charge in [-0.05, 0) is 48.8 Å². The normalized spacial score (nSPS) is 14.3. The van der Waals surface area contributed by atoms with E-state index in [1.807, 2.05) is 30.5 Å². The summed E-state index contributed by atoms with van der Waals surface area (Å²) in [6, 6.07) is 2.97. The molecule has 1 aromatic carbocycles. The van der Waals surface area contributed by atoms with Gasteiger partial charge in [0, 0.05) is 17.1 Å². The zero-order valence-corrected chi connectivity index (χ0v) is 23.2. The van der Waals surface area contributed by atoms with Crippen LogP contribution in [-0.2, 0) is 30.4 Å². The largest absolute Gasteiger partial charge is 0.480 e. The SMILES string of the molecule is CSCCC(NC(=O)C(N)Cc1c[nH]c2ccccc12)C(=O)NC(CC(N)=O)C(=O)NC(CC(C)C)C(=O)O. The third-order valence-corrected chi connectivity index (χ3v) is 6.70. The first-order chi connectivity index (χ1) is 18.4. The fraction of sp³-hybridized carbons (Fsp3) is 0.500. The Morgan fingerprint density at radius 1 is 0.974 bits per heavy atom. The number of fused-ring (bicyclic) bond motifs is 1. The van der Waals surface area contributed by atoms with Crippen molar-refractivity contribution in [3.8, 4) is 0 Å². The third kappa shape index (κ3) is 9.91. The van der Waals surface area contributed by atoms with Gasteiger partial charge in [-0.1, -0.05) is 32.0 Å². The molecule has 0 aliphatic carbocycles. The van der Waals surface area contributed by atoms with Crippen molar-refractivity contribution in [3.05, 3.63) is 36.0 Å². The van der Waals surface area contributed by atoms with Crippen LogP contribution in [0.15, 0.2) is 30.5 Å². The van der Waals surface area contributed by atoms with E-state index in [0.717, 1.165) is 16.5 Å². The molecule has 0 aliphatic heterocycles. The molecule has 12 nitrogen and oxygen atoms in total. The maximum absolute atomic E-state index is 13.2. The fourth-order valence-electron chi connectivity index (χ4n) is 4.06. The number of aliphatic carboxylic acids is 1. The zero-order valence-electron chi connectivity index (χ0n) is 22.4. The zero-order chi connectivity index (χ0) is 29.1. The molecule has 0 saturated carbocycles. The van der Waals surface area contributed by atoms with Gasteiger partial charge in [0.15, 0.2) is 0 Å². The van der Waals surface area contributed by atoms with Gasteiger partial charge >= 0.3 is 5.97 Å². The smallest absolute Gasteiger partial charge is 0.326 e. The molecule has 1 heterocycles. The average molecular weight is 563 g/mol. The van der Waals surface area contributed by atoms with Crippen molar-refractivity contribution in [3.63, 3.8) is 0 Å². The topological polar surface area (TPSA) is 209 Å². The van der Waals surface area contributed by atoms with E-state index in [9.17, 15) is 29.1 Å². The van der Waals surface area contributed by atoms with Gasteiger partial charge in [0.1, 0.15) is 18.1 Å². The molecule has 0 saturated heterocycles. The minimum Gasteiger partial charge on any atom is -0.480 e. The summed E-state index contributed by atoms with van der Waals surface area (Å²) in [6.45, 7) is 3.60. The monoisotopic (exact) mass is 562 g/mol. The van der Waals surface area contributed by atoms with Gasteiger partial charge in [-0.2, -0.15) is 11.8 Å². The first-order valence-electron chi connectivity index (χ1n) is 12.6. The summed E-state index contributed by atoms with van der Waals surface area (Å²) >= 11 is 1.46. The highest BCUT2D eigenvalue weighted by Crippen LogP contribution is 2.19. The maximum atomic E-state index is 13.2. The van der Waals surface area contributed by atoms with Crippen LogP contribution in [0.5, 0.6) is 0 Å². The quantitative estimate of drug-likeness (QED) is 0.150. The number of H-pyrrole nitrogens is 1. The number of carbonyl (C=O) groups is 5. The second kappa shape index (κ2) is 15.1. The van der Waals surface area contributed by atoms with Crippen molar-refractivity contribution in [2.75, 3.05) is 12.0 Å². The van der Waals surface area contributed by atoms with E-state index < -0.39 is 60.2 Å². The number of carboxylic acids is 1. The number of para-hydroxylation sites is 1. The lowest BCUT2D eigenvalue weighted by atomic mass is 10.0. The number of hydrogen-bond donors (Lipinski definition) is 7. The molecule has 9 N–H and O–H groups in total. The molecule has 2 aromatic rings. The number of rotatable bonds is 16. The van der Waals surface area contributed by atoms with Crippen LogP contribution in [0.1, 0.15) is 38.7 Å². The Morgan fingerprint density at radius 2 is 1.59 bits per heavy atom. The Labute approximate surface area is 231 Å². The van der Waals surface area contributed by atoms with Crippen LogP contribution >= 0.6 is 11.8 Å². The number of carbonyl (C=O) groups excluding carboxylic acids is 4. The summed E-state index contributed by atoms with van der Waals surface area (Å²) in [5.74, 6) is -3.75. The molecule has 2 rings (SSSR count). The lowest BCUT2D eigenvalue weighted by Gasteiger charge is -2.25. The number of amides is 4. The molecule has 214 valence electrons. The molecule has 1 aromatic heterocycles. The molecule has 0 bridgehead atoms. The highest BCUT2D eigenvalue weighted by atomic mass is 32.2. The van der Waals surface area contributed by atoms with Crippen LogP contribution in [0.4, 0.5) is 0 Å². The van der Waals surface area contributed by atoms with Crippen LogP contribution in [0, 0.1) is 5.92 Å². The van der Waals surface area contributed by atoms with Crippen molar-refractivity contribution >= 4 is 52.3 Å². The van der Waals surface area contributed by atoms with E-state index in [0.29, 0.717) is 5.75 Å². The molecule has 0 spiro atoms. The molecule has 0 radical (unpaired) electrons. The summed E-state index contributed by atoms with van der Waals surface area (Å²) in [5.41, 5.74) is 13.2. The molecular weight excluding hydrogens is 524 g/mol. The summed E-state index contributed by atoms with van der Waals surface area (Å²) < 4.78 is 0. The van der Waals surface area contributed by atoms with Crippen LogP contribution in [0.2, 0.25) is 0 Å². The summed E-state index contributed by atoms with van der Waals surface area (Å²) in [5, 5.41) is 17.9. The number of aromatic nitrogens is 1. The van der Waals surface area contributed by atoms with E-state index in [1.54, 1.807) is 20.0 Å². The maximum Gasteiger partial charge on any atom is 0.326 e. The van der Waals surface area contributed by atoms with Crippen LogP contribution in [0.3, 0.4) is 0 Å². The Bertz CT molecular complexity index is 1170. The van der Waals surface area contributed by atoms with Crippen molar-refractivity contribution in [1.82, 2.24) is 20.9 Å². The number of benzene rings is 1. The van der Waals surface area contributed by atoms with Gasteiger partial charge in [-0.15, -0.1) is 0 Å². The van der Waals surface area contributed by atoms with E-state index in [1.165, 1.54) is 11.8 Å². The van der Waals surface area contributed by atoms with Crippen LogP contribution < -0.4 is 27.4 Å². The average Bonchev–Trinajstić information content (AvgIpc) is 3.27. The summed E-state index contributed by atoms with van der Waals surface area (Å²) in [7, 11) is 0. The first-order valence-corrected chi connectivity index (χ1v) is 14.0. The molecular formula is C26H38N6O6S. The minimum atomic E-state index is -1.42. The Kier molecular flexibility index (Phi) is 12.3. The van der Waals surface area contributed by atoms with Gasteiger partial charge in [-0.25, -0.2) is 4.79 Å². The van der Waals surface area contributed by atoms with Gasteiger partial charge in [0.05, 0.1) is 12.5 Å². The first kappa shape index (κ1) is 31.6. The van der Waals surface area contributed by atoms with Crippen molar-refractivity contribution in [1.29, 1.82) is 0 Å². The molecule has 39 heavy (non-hydrogen) atoms. The molecule has 4 amide bonds. The Morgan fingerprint density at radius 3 is 2.21 bits per heavy atom. The van der Waals surface area contributed by atoms with Crippen molar-refractivity contribution in [2.45, 2.75) is 63.7 Å². The van der Waals surface area contributed by atoms with Crippen molar-refractivity contribution < 1.29 is 29.1 Å². The number of nitrogens with one attached hydrogen (secondary N) is 4. The highest BCUT2D eigenvalue weighted by Gasteiger charge is 2.31. The molecule has 0 fully saturated rings. The van der Waals surface area contributed by atoms with Gasteiger partial charge in [0.2, 0.25) is 23.6 Å². The predicted octanol–water partition coefficient (Wildman–Crippen LogP) is 0.251. The van der Waals surface area contributed by atoms with E-state index in [2.05, 4.69) is 20.9 Å². The van der Waals surface area contributed by atoms with E-state index in [-0.39, 0.29) is 25.2 Å². The van der Waals surface area contributed by atoms with Gasteiger partial charge in [-0.3, -0.25) is 19.2 Å². The molecule has 0 aliphatic rings. The second-order valence-corrected chi connectivity index (χ2v) is 10.8. The standard InChI is InChI=1S/C26H38N6O6S/c1-14(2)10-21(26(37)38)32-25(36)20(12-22(28)33)31-24(35)19(8-9-39-3)30-23(34)17(27)11-15-13-29-18-7-5-4-6-16(15)18/h4-7,13-14,17,19-21,29H,8-12,27H2,1-3H3,(H2,28,33)(H,30,34)(H,31,35)(H,32,36)(H,37,38). The minimum absolute atomic E-state index is 0.0322. The number of carboxylic acid groups (broad SMARTS) is 1. The van der Waals surface area contributed by atoms with E-state index in [4.69, 9.17) is 11.5 Å². The Balaban J connectivity index is 2.12. The molecule has 4 unspecified atom stereocenters. The van der Waals surface area contributed by atoms with Gasteiger partial charge < -0.3 is 37.5 Å². The lowest BCUT2D eigenvalue weighted by molar-refractivity contribution is -0.143. The van der Waals surface area contributed by atoms with Gasteiger partial charge in [0.25, 0.3) is 0 Å². The summed E-state index contributed by atoms with van der Waals surface area (Å²) in [6.07, 6.45) is 3.68. The van der Waals surface area contributed by atoms with E-state index >= 15 is 0 Å². The number of hydrogen-bond acceptors (Lipinski definition) is 7. The van der Waals surface area contributed by atoms with Crippen molar-refractivity contribution in [2.24, 2.45) is 17.4 Å². The lowest BCUT2D eigenvalue weighted by Crippen LogP contribution is -2.58. The second-order valence-electron chi connectivity index (χ2n) is 9.77. The third-order valence-electron chi connectivity index (χ3n) is 6.06. The van der Waals surface area contributed by atoms with Crippen LogP contribution in [-0.4, -0.2) is 75.9 Å². The molecule has 13 heteroatoms.